The van der Waals surface area contributed by atoms with Crippen LogP contribution in [0.15, 0.2) is 47.4 Å². The summed E-state index contributed by atoms with van der Waals surface area (Å²) in [5, 5.41) is -0.394. The summed E-state index contributed by atoms with van der Waals surface area (Å²) in [6.07, 6.45) is -5.01. The molecule has 0 saturated carbocycles. The van der Waals surface area contributed by atoms with Gasteiger partial charge in [0.15, 0.2) is 10.8 Å². The van der Waals surface area contributed by atoms with Gasteiger partial charge in [0.25, 0.3) is 10.0 Å². The van der Waals surface area contributed by atoms with E-state index in [0.29, 0.717) is 4.31 Å². The summed E-state index contributed by atoms with van der Waals surface area (Å²) in [6, 6.07) is 8.88. The lowest BCUT2D eigenvalue weighted by molar-refractivity contribution is -0.140. The molecule has 0 aliphatic rings. The number of ketones is 1. The van der Waals surface area contributed by atoms with Gasteiger partial charge in [-0.2, -0.15) is 13.2 Å². The van der Waals surface area contributed by atoms with E-state index in [-0.39, 0.29) is 36.9 Å². The van der Waals surface area contributed by atoms with Gasteiger partial charge in [-0.25, -0.2) is 17.7 Å². The second-order valence-electron chi connectivity index (χ2n) is 6.06. The second kappa shape index (κ2) is 8.59. The van der Waals surface area contributed by atoms with Gasteiger partial charge in [0.2, 0.25) is 5.78 Å². The number of aromatic nitrogens is 1. The lowest BCUT2D eigenvalue weighted by Gasteiger charge is -2.16. The zero-order chi connectivity index (χ0) is 23.1. The van der Waals surface area contributed by atoms with E-state index in [0.717, 1.165) is 13.1 Å². The quantitative estimate of drug-likeness (QED) is 0.370. The first-order chi connectivity index (χ1) is 14.3. The fraction of sp³-hybridized carbons (Fsp3) is 0.111. The Balaban J connectivity index is 2.11. The molecule has 5 nitrogen and oxygen atoms in total. The molecule has 13 heteroatoms. The van der Waals surface area contributed by atoms with Gasteiger partial charge >= 0.3 is 6.18 Å². The van der Waals surface area contributed by atoms with Gasteiger partial charge in [-0.15, -0.1) is 0 Å². The summed E-state index contributed by atoms with van der Waals surface area (Å²) >= 11 is 17.8. The largest absolute Gasteiger partial charge is 0.435 e. The monoisotopic (exact) mass is 528 g/mol. The Morgan fingerprint density at radius 2 is 1.71 bits per heavy atom. The Labute approximate surface area is 194 Å². The predicted octanol–water partition coefficient (Wildman–Crippen LogP) is 6.18. The van der Waals surface area contributed by atoms with Gasteiger partial charge in [-0.05, 0) is 36.4 Å². The summed E-state index contributed by atoms with van der Waals surface area (Å²) in [5.41, 5.74) is -1.75. The number of nitrogens with zero attached hydrogens (tertiary/aromatic N) is 2. The van der Waals surface area contributed by atoms with Crippen molar-refractivity contribution in [2.75, 3.05) is 11.4 Å². The number of alkyl halides is 3. The molecular formula is C18H10Cl3F3N2O3S2. The zero-order valence-corrected chi connectivity index (χ0v) is 19.1. The van der Waals surface area contributed by atoms with Crippen LogP contribution in [0.1, 0.15) is 20.9 Å². The molecule has 0 radical (unpaired) electrons. The van der Waals surface area contributed by atoms with Crippen LogP contribution in [0.4, 0.5) is 18.3 Å². The lowest BCUT2D eigenvalue weighted by atomic mass is 10.1. The molecule has 0 bridgehead atoms. The third-order valence-electron chi connectivity index (χ3n) is 3.99. The van der Waals surface area contributed by atoms with Gasteiger partial charge in [0.05, 0.1) is 9.92 Å². The Bertz CT molecular complexity index is 1280. The molecule has 1 heterocycles. The summed E-state index contributed by atoms with van der Waals surface area (Å²) in [4.78, 5) is 15.2. The molecule has 0 N–H and O–H groups in total. The van der Waals surface area contributed by atoms with Crippen molar-refractivity contribution in [2.24, 2.45) is 0 Å². The van der Waals surface area contributed by atoms with Crippen molar-refractivity contribution in [3.63, 3.8) is 0 Å². The summed E-state index contributed by atoms with van der Waals surface area (Å²) in [7, 11) is -3.27. The molecule has 3 rings (SSSR count). The molecule has 0 aliphatic carbocycles. The first-order valence-electron chi connectivity index (χ1n) is 8.14. The summed E-state index contributed by atoms with van der Waals surface area (Å²) in [5.74, 6) is -1.06. The summed E-state index contributed by atoms with van der Waals surface area (Å²) < 4.78 is 67.0. The number of carbonyl (C=O) groups is 1. The van der Waals surface area contributed by atoms with E-state index in [1.165, 1.54) is 36.4 Å². The lowest BCUT2D eigenvalue weighted by Crippen LogP contribution is -2.26. The van der Waals surface area contributed by atoms with E-state index < -0.39 is 37.7 Å². The number of rotatable bonds is 5. The van der Waals surface area contributed by atoms with Gasteiger partial charge in [0.1, 0.15) is 4.88 Å². The Morgan fingerprint density at radius 3 is 2.29 bits per heavy atom. The first-order valence-corrected chi connectivity index (χ1v) is 11.5. The third-order valence-corrected chi connectivity index (χ3v) is 7.76. The van der Waals surface area contributed by atoms with Crippen molar-refractivity contribution in [2.45, 2.75) is 11.1 Å². The SMILES string of the molecule is CN(c1nc(C(F)(F)F)c(C(=O)c2ccc(Cl)cc2Cl)s1)S(=O)(=O)c1cccc(Cl)c1. The number of anilines is 1. The van der Waals surface area contributed by atoms with Crippen molar-refractivity contribution in [3.05, 3.63) is 73.7 Å². The molecular weight excluding hydrogens is 520 g/mol. The molecule has 0 amide bonds. The topological polar surface area (TPSA) is 67.3 Å². The van der Waals surface area contributed by atoms with Crippen molar-refractivity contribution in [1.29, 1.82) is 0 Å². The van der Waals surface area contributed by atoms with Crippen LogP contribution in [-0.2, 0) is 16.2 Å². The second-order valence-corrected chi connectivity index (χ2v) is 10.3. The number of halogens is 6. The molecule has 0 spiro atoms. The van der Waals surface area contributed by atoms with Crippen LogP contribution in [0.2, 0.25) is 15.1 Å². The number of carbonyl (C=O) groups excluding carboxylic acids is 1. The predicted molar refractivity (Wildman–Crippen MR) is 114 cm³/mol. The standard InChI is InChI=1S/C18H10Cl3F3N2O3S2/c1-26(31(28,29)11-4-2-3-9(19)7-11)17-25-16(18(22,23)24)15(30-17)14(27)12-6-5-10(20)8-13(12)21/h2-8H,1H3. The fourth-order valence-electron chi connectivity index (χ4n) is 2.47. The third kappa shape index (κ3) is 4.83. The van der Waals surface area contributed by atoms with Crippen LogP contribution in [-0.4, -0.2) is 26.2 Å². The van der Waals surface area contributed by atoms with Crippen LogP contribution < -0.4 is 4.31 Å². The van der Waals surface area contributed by atoms with E-state index in [1.54, 1.807) is 0 Å². The maximum atomic E-state index is 13.6. The average molecular weight is 530 g/mol. The average Bonchev–Trinajstić information content (AvgIpc) is 3.12. The number of sulfonamides is 1. The minimum Gasteiger partial charge on any atom is -0.288 e. The summed E-state index contributed by atoms with van der Waals surface area (Å²) in [6.45, 7) is 0. The maximum absolute atomic E-state index is 13.6. The molecule has 0 fully saturated rings. The van der Waals surface area contributed by atoms with Crippen LogP contribution in [0, 0.1) is 0 Å². The fourth-order valence-corrected chi connectivity index (χ4v) is 5.63. The van der Waals surface area contributed by atoms with Crippen LogP contribution in [0.5, 0.6) is 0 Å². The van der Waals surface area contributed by atoms with Crippen molar-refractivity contribution < 1.29 is 26.4 Å². The number of benzene rings is 2. The Hall–Kier alpha value is -1.85. The molecule has 2 aromatic carbocycles. The molecule has 164 valence electrons. The molecule has 1 aromatic heterocycles. The molecule has 0 saturated heterocycles. The maximum Gasteiger partial charge on any atom is 0.435 e. The molecule has 0 unspecified atom stereocenters. The van der Waals surface area contributed by atoms with E-state index in [2.05, 4.69) is 4.98 Å². The zero-order valence-electron chi connectivity index (χ0n) is 15.2. The molecule has 3 aromatic rings. The molecule has 0 atom stereocenters. The van der Waals surface area contributed by atoms with Crippen LogP contribution in [0.3, 0.4) is 0 Å². The van der Waals surface area contributed by atoms with Crippen LogP contribution in [0.25, 0.3) is 0 Å². The molecule has 31 heavy (non-hydrogen) atoms. The highest BCUT2D eigenvalue weighted by Crippen LogP contribution is 2.40. The van der Waals surface area contributed by atoms with Crippen molar-refractivity contribution in [1.82, 2.24) is 4.98 Å². The van der Waals surface area contributed by atoms with Gasteiger partial charge in [-0.3, -0.25) is 4.79 Å². The number of thiazole rings is 1. The Kier molecular flexibility index (Phi) is 6.60. The van der Waals surface area contributed by atoms with Crippen LogP contribution >= 0.6 is 46.1 Å². The van der Waals surface area contributed by atoms with E-state index in [4.69, 9.17) is 34.8 Å². The van der Waals surface area contributed by atoms with Crippen molar-refractivity contribution in [3.8, 4) is 0 Å². The highest BCUT2D eigenvalue weighted by Gasteiger charge is 2.41. The molecule has 0 aliphatic heterocycles. The Morgan fingerprint density at radius 1 is 1.06 bits per heavy atom. The van der Waals surface area contributed by atoms with E-state index >= 15 is 0 Å². The first kappa shape index (κ1) is 23.8. The minimum absolute atomic E-state index is 0.123. The van der Waals surface area contributed by atoms with E-state index in [1.807, 2.05) is 0 Å². The number of hydrogen-bond acceptors (Lipinski definition) is 5. The van der Waals surface area contributed by atoms with Gasteiger partial charge < -0.3 is 0 Å². The van der Waals surface area contributed by atoms with E-state index in [9.17, 15) is 26.4 Å². The number of hydrogen-bond donors (Lipinski definition) is 0. The van der Waals surface area contributed by atoms with Gasteiger partial charge in [-0.1, -0.05) is 52.2 Å². The smallest absolute Gasteiger partial charge is 0.288 e. The highest BCUT2D eigenvalue weighted by molar-refractivity contribution is 7.93. The van der Waals surface area contributed by atoms with Crippen molar-refractivity contribution >= 4 is 67.1 Å². The van der Waals surface area contributed by atoms with Gasteiger partial charge in [0, 0.05) is 22.7 Å². The normalized spacial score (nSPS) is 12.1. The highest BCUT2D eigenvalue weighted by atomic mass is 35.5. The minimum atomic E-state index is -5.01.